The smallest absolute Gasteiger partial charge is 0.414 e. The minimum atomic E-state index is -4.51. The molecule has 0 saturated heterocycles. The Labute approximate surface area is 171 Å². The van der Waals surface area contributed by atoms with Crippen LogP contribution in [0.25, 0.3) is 0 Å². The van der Waals surface area contributed by atoms with E-state index in [-0.39, 0.29) is 28.0 Å². The summed E-state index contributed by atoms with van der Waals surface area (Å²) in [6, 6.07) is 4.31. The molecule has 0 spiro atoms. The zero-order valence-electron chi connectivity index (χ0n) is 16.3. The van der Waals surface area contributed by atoms with Gasteiger partial charge < -0.3 is 21.1 Å². The van der Waals surface area contributed by atoms with E-state index in [4.69, 9.17) is 10.5 Å². The highest BCUT2D eigenvalue weighted by Gasteiger charge is 2.53. The van der Waals surface area contributed by atoms with Crippen LogP contribution in [0.5, 0.6) is 5.75 Å². The van der Waals surface area contributed by atoms with Crippen molar-refractivity contribution in [1.82, 2.24) is 5.32 Å². The molecule has 11 heteroatoms. The number of aliphatic imine (C=N–C) groups is 1. The molecule has 30 heavy (non-hydrogen) atoms. The average molecular weight is 442 g/mol. The van der Waals surface area contributed by atoms with E-state index in [0.29, 0.717) is 11.5 Å². The molecule has 1 aromatic carbocycles. The maximum absolute atomic E-state index is 13.5. The number of amidine groups is 1. The van der Waals surface area contributed by atoms with E-state index in [0.717, 1.165) is 19.1 Å². The topological polar surface area (TPSA) is 106 Å². The highest BCUT2D eigenvalue weighted by molar-refractivity contribution is 7.90. The number of benzene rings is 1. The van der Waals surface area contributed by atoms with Crippen molar-refractivity contribution in [3.8, 4) is 5.75 Å². The lowest BCUT2D eigenvalue weighted by Gasteiger charge is -2.36. The number of nitrogens with zero attached hydrogens (tertiary/aromatic N) is 1. The van der Waals surface area contributed by atoms with Gasteiger partial charge in [0.15, 0.2) is 9.84 Å². The second-order valence-electron chi connectivity index (χ2n) is 7.67. The van der Waals surface area contributed by atoms with Crippen molar-refractivity contribution in [2.24, 2.45) is 16.6 Å². The van der Waals surface area contributed by atoms with Crippen LogP contribution in [0.2, 0.25) is 0 Å². The Hall–Kier alpha value is -2.53. The van der Waals surface area contributed by atoms with E-state index in [1.165, 1.54) is 25.3 Å². The molecule has 0 radical (unpaired) electrons. The number of hydrogen-bond donors (Lipinski definition) is 3. The molecule has 1 atom stereocenters. The lowest BCUT2D eigenvalue weighted by atomic mass is 9.80. The molecule has 0 amide bonds. The van der Waals surface area contributed by atoms with Gasteiger partial charge in [-0.2, -0.15) is 13.2 Å². The first-order valence-corrected chi connectivity index (χ1v) is 11.1. The van der Waals surface area contributed by atoms with Crippen LogP contribution in [0, 0.1) is 5.92 Å². The molecule has 1 aromatic rings. The summed E-state index contributed by atoms with van der Waals surface area (Å²) in [6.07, 6.45) is -0.406. The number of alkyl halides is 3. The van der Waals surface area contributed by atoms with Gasteiger partial charge in [0, 0.05) is 17.9 Å². The highest BCUT2D eigenvalue weighted by atomic mass is 32.2. The van der Waals surface area contributed by atoms with Gasteiger partial charge in [-0.1, -0.05) is 0 Å². The predicted octanol–water partition coefficient (Wildman–Crippen LogP) is 2.33. The Kier molecular flexibility index (Phi) is 4.66. The molecule has 1 aliphatic carbocycles. The number of rotatable bonds is 5. The summed E-state index contributed by atoms with van der Waals surface area (Å²) in [5.41, 5.74) is 4.95. The zero-order chi connectivity index (χ0) is 21.9. The molecule has 2 heterocycles. The van der Waals surface area contributed by atoms with Crippen LogP contribution in [0.4, 0.5) is 18.9 Å². The third-order valence-electron chi connectivity index (χ3n) is 5.47. The van der Waals surface area contributed by atoms with E-state index < -0.39 is 33.7 Å². The summed E-state index contributed by atoms with van der Waals surface area (Å²) in [5, 5.41) is 5.94. The molecule has 4 rings (SSSR count). The van der Waals surface area contributed by atoms with Crippen molar-refractivity contribution in [1.29, 1.82) is 0 Å². The fraction of sp³-hybridized carbons (Fsp3) is 0.421. The van der Waals surface area contributed by atoms with Gasteiger partial charge in [-0.25, -0.2) is 8.42 Å². The highest BCUT2D eigenvalue weighted by Crippen LogP contribution is 2.49. The van der Waals surface area contributed by atoms with Gasteiger partial charge in [-0.05, 0) is 37.0 Å². The first-order valence-electron chi connectivity index (χ1n) is 9.23. The third-order valence-corrected chi connectivity index (χ3v) is 6.58. The Morgan fingerprint density at radius 3 is 2.60 bits per heavy atom. The van der Waals surface area contributed by atoms with Crippen molar-refractivity contribution in [3.63, 3.8) is 0 Å². The monoisotopic (exact) mass is 442 g/mol. The first kappa shape index (κ1) is 20.7. The van der Waals surface area contributed by atoms with Crippen LogP contribution in [0.1, 0.15) is 12.8 Å². The molecule has 1 fully saturated rings. The van der Waals surface area contributed by atoms with E-state index in [9.17, 15) is 21.6 Å². The maximum Gasteiger partial charge on any atom is 0.414 e. The number of hydrogen-bond acceptors (Lipinski definition) is 7. The Bertz CT molecular complexity index is 1100. The van der Waals surface area contributed by atoms with Crippen molar-refractivity contribution in [3.05, 3.63) is 41.2 Å². The molecule has 2 aliphatic heterocycles. The number of halogens is 3. The predicted molar refractivity (Wildman–Crippen MR) is 106 cm³/mol. The van der Waals surface area contributed by atoms with Gasteiger partial charge in [-0.15, -0.1) is 0 Å². The second kappa shape index (κ2) is 6.74. The van der Waals surface area contributed by atoms with Crippen LogP contribution in [-0.2, 0) is 9.84 Å². The summed E-state index contributed by atoms with van der Waals surface area (Å²) in [7, 11) is -2.04. The molecule has 0 aromatic heterocycles. The number of ether oxygens (including phenoxy) is 1. The molecule has 4 N–H and O–H groups in total. The maximum atomic E-state index is 13.5. The SMILES string of the molecule is COc1cc(S(C)(=O)=O)ccc1NC1=CC(N)(C2CC2)C2=C(C(F)(F)F)CN=C2N1. The summed E-state index contributed by atoms with van der Waals surface area (Å²) in [4.78, 5) is 4.12. The standard InChI is InChI=1S/C19H21F3N4O3S/c1-29-14-7-11(30(2,27)28)5-6-13(14)25-15-8-18(23,10-3-4-10)16-12(19(20,21)22)9-24-17(16)26-15/h5-8,10,25H,3-4,9,23H2,1-2H3,(H,24,26). The summed E-state index contributed by atoms with van der Waals surface area (Å²) < 4.78 is 69.4. The van der Waals surface area contributed by atoms with Gasteiger partial charge in [0.25, 0.3) is 0 Å². The summed E-state index contributed by atoms with van der Waals surface area (Å²) in [6.45, 7) is -0.472. The zero-order valence-corrected chi connectivity index (χ0v) is 17.1. The third kappa shape index (κ3) is 3.56. The fourth-order valence-electron chi connectivity index (χ4n) is 3.83. The van der Waals surface area contributed by atoms with Crippen molar-refractivity contribution >= 4 is 21.4 Å². The van der Waals surface area contributed by atoms with Crippen molar-refractivity contribution < 1.29 is 26.3 Å². The van der Waals surface area contributed by atoms with Crippen LogP contribution < -0.4 is 21.1 Å². The number of methoxy groups -OCH3 is 1. The number of nitrogens with one attached hydrogen (secondary N) is 2. The van der Waals surface area contributed by atoms with Crippen LogP contribution in [0.15, 0.2) is 51.1 Å². The number of fused-ring (bicyclic) bond motifs is 1. The Morgan fingerprint density at radius 2 is 2.03 bits per heavy atom. The number of nitrogens with two attached hydrogens (primary N) is 1. The lowest BCUT2D eigenvalue weighted by molar-refractivity contribution is -0.0927. The van der Waals surface area contributed by atoms with Crippen LogP contribution in [0.3, 0.4) is 0 Å². The lowest BCUT2D eigenvalue weighted by Crippen LogP contribution is -2.53. The van der Waals surface area contributed by atoms with Crippen molar-refractivity contribution in [2.45, 2.75) is 29.5 Å². The summed E-state index contributed by atoms with van der Waals surface area (Å²) >= 11 is 0. The molecular formula is C19H21F3N4O3S. The fourth-order valence-corrected chi connectivity index (χ4v) is 4.47. The molecule has 1 saturated carbocycles. The van der Waals surface area contributed by atoms with Gasteiger partial charge in [0.05, 0.1) is 35.3 Å². The minimum absolute atomic E-state index is 0.00226. The quantitative estimate of drug-likeness (QED) is 0.647. The van der Waals surface area contributed by atoms with Crippen molar-refractivity contribution in [2.75, 3.05) is 25.2 Å². The van der Waals surface area contributed by atoms with E-state index in [1.54, 1.807) is 6.08 Å². The number of anilines is 1. The summed E-state index contributed by atoms with van der Waals surface area (Å²) in [5.74, 6) is 0.621. The molecule has 1 unspecified atom stereocenters. The van der Waals surface area contributed by atoms with Crippen LogP contribution >= 0.6 is 0 Å². The largest absolute Gasteiger partial charge is 0.495 e. The van der Waals surface area contributed by atoms with Crippen LogP contribution in [-0.4, -0.2) is 45.9 Å². The molecule has 3 aliphatic rings. The number of sulfone groups is 1. The van der Waals surface area contributed by atoms with Gasteiger partial charge >= 0.3 is 6.18 Å². The first-order chi connectivity index (χ1) is 13.9. The Morgan fingerprint density at radius 1 is 1.33 bits per heavy atom. The van der Waals surface area contributed by atoms with E-state index in [2.05, 4.69) is 15.6 Å². The Balaban J connectivity index is 1.73. The van der Waals surface area contributed by atoms with Gasteiger partial charge in [0.2, 0.25) is 0 Å². The van der Waals surface area contributed by atoms with E-state index in [1.807, 2.05) is 0 Å². The van der Waals surface area contributed by atoms with E-state index >= 15 is 0 Å². The average Bonchev–Trinajstić information content (AvgIpc) is 3.40. The second-order valence-corrected chi connectivity index (χ2v) is 9.68. The molecular weight excluding hydrogens is 421 g/mol. The normalized spacial score (nSPS) is 24.1. The minimum Gasteiger partial charge on any atom is -0.495 e. The van der Waals surface area contributed by atoms with Gasteiger partial charge in [0.1, 0.15) is 17.4 Å². The van der Waals surface area contributed by atoms with Gasteiger partial charge in [-0.3, -0.25) is 4.99 Å². The molecule has 162 valence electrons. The molecule has 0 bridgehead atoms. The molecule has 7 nitrogen and oxygen atoms in total.